The molecule has 2 unspecified atom stereocenters. The van der Waals surface area contributed by atoms with Gasteiger partial charge in [0, 0.05) is 21.1 Å². The van der Waals surface area contributed by atoms with Gasteiger partial charge in [0.15, 0.2) is 0 Å². The molecule has 0 aliphatic rings. The minimum absolute atomic E-state index is 0. The van der Waals surface area contributed by atoms with Gasteiger partial charge >= 0.3 is 0 Å². The molecule has 0 saturated heterocycles. The van der Waals surface area contributed by atoms with Crippen molar-refractivity contribution in [2.75, 3.05) is 13.1 Å². The zero-order valence-corrected chi connectivity index (χ0v) is 8.31. The summed E-state index contributed by atoms with van der Waals surface area (Å²) >= 11 is 0. The predicted octanol–water partition coefficient (Wildman–Crippen LogP) is 0.174. The van der Waals surface area contributed by atoms with E-state index in [1.165, 1.54) is 0 Å². The zero-order chi connectivity index (χ0) is 6.57. The Morgan fingerprint density at radius 1 is 1.00 bits per heavy atom. The smallest absolute Gasteiger partial charge is 0 e. The number of hydrogen-bond acceptors (Lipinski definition) is 2. The van der Waals surface area contributed by atoms with Crippen LogP contribution in [-0.4, -0.2) is 13.1 Å². The van der Waals surface area contributed by atoms with Crippen LogP contribution < -0.4 is 11.5 Å². The van der Waals surface area contributed by atoms with Crippen molar-refractivity contribution in [3.63, 3.8) is 0 Å². The van der Waals surface area contributed by atoms with Crippen LogP contribution in [0.15, 0.2) is 0 Å². The Hall–Kier alpha value is 0.608. The van der Waals surface area contributed by atoms with Crippen molar-refractivity contribution in [1.82, 2.24) is 0 Å². The molecule has 4 N–H and O–H groups in total. The van der Waals surface area contributed by atoms with Crippen LogP contribution in [0.4, 0.5) is 0 Å². The fraction of sp³-hybridized carbons (Fsp3) is 1.00. The first-order valence-electron chi connectivity index (χ1n) is 3.12. The SMILES string of the molecule is CC(CN)C(C)CN.[Pt]. The van der Waals surface area contributed by atoms with Gasteiger partial charge < -0.3 is 11.5 Å². The first-order valence-corrected chi connectivity index (χ1v) is 3.12. The second-order valence-corrected chi connectivity index (χ2v) is 2.43. The average molecular weight is 311 g/mol. The van der Waals surface area contributed by atoms with Crippen LogP contribution in [-0.2, 0) is 21.1 Å². The van der Waals surface area contributed by atoms with Crippen molar-refractivity contribution in [3.05, 3.63) is 0 Å². The van der Waals surface area contributed by atoms with E-state index in [0.29, 0.717) is 11.8 Å². The molecule has 0 radical (unpaired) electrons. The van der Waals surface area contributed by atoms with E-state index in [4.69, 9.17) is 11.5 Å². The molecule has 0 spiro atoms. The number of rotatable bonds is 3. The molecule has 0 aliphatic heterocycles. The zero-order valence-electron chi connectivity index (χ0n) is 6.04. The van der Waals surface area contributed by atoms with Crippen molar-refractivity contribution in [2.24, 2.45) is 23.3 Å². The minimum Gasteiger partial charge on any atom is -0.330 e. The molecule has 0 aliphatic carbocycles. The molecule has 3 heteroatoms. The summed E-state index contributed by atoms with van der Waals surface area (Å²) in [5.74, 6) is 1.14. The van der Waals surface area contributed by atoms with E-state index in [1.807, 2.05) is 0 Å². The van der Waals surface area contributed by atoms with Crippen LogP contribution in [0.3, 0.4) is 0 Å². The van der Waals surface area contributed by atoms with Crippen LogP contribution in [0.5, 0.6) is 0 Å². The van der Waals surface area contributed by atoms with Gasteiger partial charge in [-0.25, -0.2) is 0 Å². The molecule has 2 nitrogen and oxygen atoms in total. The summed E-state index contributed by atoms with van der Waals surface area (Å²) in [6, 6.07) is 0. The van der Waals surface area contributed by atoms with Gasteiger partial charge in [0.1, 0.15) is 0 Å². The largest absolute Gasteiger partial charge is 0.330 e. The molecule has 0 aromatic heterocycles. The van der Waals surface area contributed by atoms with Gasteiger partial charge in [-0.05, 0) is 24.9 Å². The quantitative estimate of drug-likeness (QED) is 0.781. The standard InChI is InChI=1S/C6H16N2.Pt/c1-5(3-7)6(2)4-8;/h5-6H,3-4,7-8H2,1-2H3;. The Morgan fingerprint density at radius 2 is 1.22 bits per heavy atom. The minimum atomic E-state index is 0. The molecule has 0 fully saturated rings. The van der Waals surface area contributed by atoms with Crippen molar-refractivity contribution < 1.29 is 21.1 Å². The van der Waals surface area contributed by atoms with E-state index in [0.717, 1.165) is 13.1 Å². The summed E-state index contributed by atoms with van der Waals surface area (Å²) in [4.78, 5) is 0. The van der Waals surface area contributed by atoms with Crippen LogP contribution in [0.1, 0.15) is 13.8 Å². The fourth-order valence-corrected chi connectivity index (χ4v) is 0.465. The van der Waals surface area contributed by atoms with E-state index >= 15 is 0 Å². The molecule has 2 atom stereocenters. The Balaban J connectivity index is 0. The van der Waals surface area contributed by atoms with Gasteiger partial charge in [0.05, 0.1) is 0 Å². The van der Waals surface area contributed by atoms with Crippen molar-refractivity contribution in [2.45, 2.75) is 13.8 Å². The molecule has 0 rings (SSSR count). The molecular formula is C6H16N2Pt. The molecule has 0 saturated carbocycles. The molecular weight excluding hydrogens is 295 g/mol. The molecule has 0 amide bonds. The third kappa shape index (κ3) is 5.07. The maximum absolute atomic E-state index is 5.39. The van der Waals surface area contributed by atoms with Crippen molar-refractivity contribution >= 4 is 0 Å². The normalized spacial score (nSPS) is 16.0. The van der Waals surface area contributed by atoms with Gasteiger partial charge in [-0.15, -0.1) is 0 Å². The fourth-order valence-electron chi connectivity index (χ4n) is 0.465. The van der Waals surface area contributed by atoms with Crippen LogP contribution in [0.2, 0.25) is 0 Å². The van der Waals surface area contributed by atoms with Crippen molar-refractivity contribution in [3.8, 4) is 0 Å². The molecule has 0 bridgehead atoms. The molecule has 0 aromatic rings. The second kappa shape index (κ2) is 6.72. The predicted molar refractivity (Wildman–Crippen MR) is 36.4 cm³/mol. The van der Waals surface area contributed by atoms with Crippen LogP contribution >= 0.6 is 0 Å². The topological polar surface area (TPSA) is 52.0 Å². The Kier molecular flexibility index (Phi) is 9.19. The summed E-state index contributed by atoms with van der Waals surface area (Å²) in [5.41, 5.74) is 10.8. The number of hydrogen-bond donors (Lipinski definition) is 2. The summed E-state index contributed by atoms with van der Waals surface area (Å²) in [6.45, 7) is 5.74. The van der Waals surface area contributed by atoms with E-state index in [-0.39, 0.29) is 21.1 Å². The molecule has 9 heavy (non-hydrogen) atoms. The summed E-state index contributed by atoms with van der Waals surface area (Å²) in [6.07, 6.45) is 0. The maximum Gasteiger partial charge on any atom is 0 e. The summed E-state index contributed by atoms with van der Waals surface area (Å²) in [5, 5.41) is 0. The Bertz CT molecular complexity index is 51.0. The van der Waals surface area contributed by atoms with E-state index in [9.17, 15) is 0 Å². The van der Waals surface area contributed by atoms with E-state index in [1.54, 1.807) is 0 Å². The molecule has 0 heterocycles. The Morgan fingerprint density at radius 3 is 1.33 bits per heavy atom. The van der Waals surface area contributed by atoms with Gasteiger partial charge in [0.25, 0.3) is 0 Å². The van der Waals surface area contributed by atoms with Gasteiger partial charge in [-0.1, -0.05) is 13.8 Å². The summed E-state index contributed by atoms with van der Waals surface area (Å²) in [7, 11) is 0. The average Bonchev–Trinajstić information content (AvgIpc) is 1.84. The van der Waals surface area contributed by atoms with Gasteiger partial charge in [-0.3, -0.25) is 0 Å². The van der Waals surface area contributed by atoms with E-state index in [2.05, 4.69) is 13.8 Å². The third-order valence-electron chi connectivity index (χ3n) is 1.71. The first-order chi connectivity index (χ1) is 3.72. The van der Waals surface area contributed by atoms with Gasteiger partial charge in [-0.2, -0.15) is 0 Å². The van der Waals surface area contributed by atoms with E-state index < -0.39 is 0 Å². The second-order valence-electron chi connectivity index (χ2n) is 2.43. The van der Waals surface area contributed by atoms with Gasteiger partial charge in [0.2, 0.25) is 0 Å². The number of nitrogens with two attached hydrogens (primary N) is 2. The maximum atomic E-state index is 5.39. The molecule has 60 valence electrons. The monoisotopic (exact) mass is 311 g/mol. The third-order valence-corrected chi connectivity index (χ3v) is 1.71. The molecule has 0 aromatic carbocycles. The Labute approximate surface area is 71.6 Å². The van der Waals surface area contributed by atoms with Crippen molar-refractivity contribution in [1.29, 1.82) is 0 Å². The van der Waals surface area contributed by atoms with Crippen LogP contribution in [0, 0.1) is 11.8 Å². The first kappa shape index (κ1) is 12.3. The summed E-state index contributed by atoms with van der Waals surface area (Å²) < 4.78 is 0. The van der Waals surface area contributed by atoms with Crippen LogP contribution in [0.25, 0.3) is 0 Å².